The van der Waals surface area contributed by atoms with Gasteiger partial charge < -0.3 is 14.8 Å². The number of allylic oxidation sites excluding steroid dienone is 2. The molecule has 7 nitrogen and oxygen atoms in total. The number of anilines is 1. The van der Waals surface area contributed by atoms with E-state index in [4.69, 9.17) is 19.6 Å². The van der Waals surface area contributed by atoms with Gasteiger partial charge in [0.25, 0.3) is 0 Å². The molecule has 0 fully saturated rings. The van der Waals surface area contributed by atoms with Gasteiger partial charge in [-0.1, -0.05) is 37.6 Å². The van der Waals surface area contributed by atoms with Crippen molar-refractivity contribution in [3.8, 4) is 22.9 Å². The standard InChI is InChI=1S/C26H28N4O3/c1-15-7-6-8-16(11-15)24-28-25-27-19-13-26(2,3)14-20(31)22(19)23(30(25)29-24)18-12-17(32-4)9-10-21(18)33-5/h6-12,23H,13-14H2,1-5H3,(H,27,28,29)/t23-/m0/s1. The van der Waals surface area contributed by atoms with Gasteiger partial charge in [0.2, 0.25) is 5.95 Å². The molecule has 2 aromatic carbocycles. The molecule has 5 rings (SSSR count). The number of ether oxygens (including phenoxy) is 2. The van der Waals surface area contributed by atoms with Crippen molar-refractivity contribution in [2.24, 2.45) is 5.41 Å². The highest BCUT2D eigenvalue weighted by Crippen LogP contribution is 2.47. The minimum atomic E-state index is -0.462. The van der Waals surface area contributed by atoms with Crippen LogP contribution in [-0.4, -0.2) is 34.8 Å². The monoisotopic (exact) mass is 444 g/mol. The third-order valence-electron chi connectivity index (χ3n) is 6.34. The van der Waals surface area contributed by atoms with Crippen molar-refractivity contribution in [3.63, 3.8) is 0 Å². The van der Waals surface area contributed by atoms with E-state index in [2.05, 4.69) is 25.2 Å². The lowest BCUT2D eigenvalue weighted by atomic mass is 9.73. The maximum absolute atomic E-state index is 13.5. The third-order valence-corrected chi connectivity index (χ3v) is 6.34. The fourth-order valence-electron chi connectivity index (χ4n) is 4.86. The normalized spacial score (nSPS) is 18.9. The average Bonchev–Trinajstić information content (AvgIpc) is 3.20. The molecule has 170 valence electrons. The van der Waals surface area contributed by atoms with Crippen LogP contribution >= 0.6 is 0 Å². The predicted octanol–water partition coefficient (Wildman–Crippen LogP) is 4.93. The first-order chi connectivity index (χ1) is 15.8. The molecule has 2 heterocycles. The van der Waals surface area contributed by atoms with E-state index in [0.29, 0.717) is 35.3 Å². The van der Waals surface area contributed by atoms with E-state index in [0.717, 1.165) is 28.8 Å². The molecule has 0 bridgehead atoms. The van der Waals surface area contributed by atoms with Crippen molar-refractivity contribution < 1.29 is 14.3 Å². The number of fused-ring (bicyclic) bond motifs is 1. The Morgan fingerprint density at radius 2 is 1.91 bits per heavy atom. The first kappa shape index (κ1) is 21.2. The van der Waals surface area contributed by atoms with Crippen molar-refractivity contribution in [3.05, 3.63) is 64.9 Å². The highest BCUT2D eigenvalue weighted by molar-refractivity contribution is 6.00. The Hall–Kier alpha value is -3.61. The minimum Gasteiger partial charge on any atom is -0.497 e. The first-order valence-corrected chi connectivity index (χ1v) is 11.1. The van der Waals surface area contributed by atoms with Crippen molar-refractivity contribution in [1.82, 2.24) is 14.8 Å². The maximum Gasteiger partial charge on any atom is 0.226 e. The molecule has 1 atom stereocenters. The summed E-state index contributed by atoms with van der Waals surface area (Å²) < 4.78 is 13.0. The largest absolute Gasteiger partial charge is 0.497 e. The number of rotatable bonds is 4. The number of carbonyl (C=O) groups excluding carboxylic acids is 1. The van der Waals surface area contributed by atoms with E-state index in [1.807, 2.05) is 48.0 Å². The molecule has 33 heavy (non-hydrogen) atoms. The predicted molar refractivity (Wildman–Crippen MR) is 127 cm³/mol. The smallest absolute Gasteiger partial charge is 0.226 e. The summed E-state index contributed by atoms with van der Waals surface area (Å²) in [5, 5.41) is 8.30. The molecule has 1 aliphatic heterocycles. The fraction of sp³-hybridized carbons (Fsp3) is 0.346. The number of methoxy groups -OCH3 is 2. The third kappa shape index (κ3) is 3.67. The quantitative estimate of drug-likeness (QED) is 0.615. The Morgan fingerprint density at radius 1 is 1.09 bits per heavy atom. The van der Waals surface area contributed by atoms with Gasteiger partial charge in [-0.05, 0) is 43.0 Å². The maximum atomic E-state index is 13.5. The summed E-state index contributed by atoms with van der Waals surface area (Å²) in [6.45, 7) is 6.28. The number of Topliss-reactive ketones (excluding diaryl/α,β-unsaturated/α-hetero) is 1. The molecule has 1 aromatic heterocycles. The number of hydrogen-bond donors (Lipinski definition) is 1. The van der Waals surface area contributed by atoms with Crippen LogP contribution in [0.25, 0.3) is 11.4 Å². The van der Waals surface area contributed by atoms with Gasteiger partial charge in [0.1, 0.15) is 17.5 Å². The summed E-state index contributed by atoms with van der Waals surface area (Å²) in [7, 11) is 3.26. The Morgan fingerprint density at radius 3 is 2.64 bits per heavy atom. The summed E-state index contributed by atoms with van der Waals surface area (Å²) in [4.78, 5) is 18.3. The molecule has 0 unspecified atom stereocenters. The molecule has 3 aromatic rings. The summed E-state index contributed by atoms with van der Waals surface area (Å²) in [6, 6.07) is 13.3. The van der Waals surface area contributed by atoms with E-state index in [-0.39, 0.29) is 11.2 Å². The zero-order valence-electron chi connectivity index (χ0n) is 19.6. The van der Waals surface area contributed by atoms with E-state index < -0.39 is 6.04 Å². The van der Waals surface area contributed by atoms with Crippen LogP contribution < -0.4 is 14.8 Å². The Labute approximate surface area is 193 Å². The number of hydrogen-bond acceptors (Lipinski definition) is 6. The molecule has 0 saturated heterocycles. The number of ketones is 1. The van der Waals surface area contributed by atoms with Crippen molar-refractivity contribution in [2.45, 2.75) is 39.7 Å². The van der Waals surface area contributed by atoms with Crippen molar-refractivity contribution in [1.29, 1.82) is 0 Å². The minimum absolute atomic E-state index is 0.113. The van der Waals surface area contributed by atoms with Crippen molar-refractivity contribution >= 4 is 11.7 Å². The molecule has 0 amide bonds. The van der Waals surface area contributed by atoms with Crippen LogP contribution in [0.15, 0.2) is 53.7 Å². The van der Waals surface area contributed by atoms with E-state index in [1.165, 1.54) is 0 Å². The molecule has 0 radical (unpaired) electrons. The molecular formula is C26H28N4O3. The van der Waals surface area contributed by atoms with E-state index >= 15 is 0 Å². The van der Waals surface area contributed by atoms with Crippen LogP contribution in [-0.2, 0) is 4.79 Å². The number of aryl methyl sites for hydroxylation is 1. The number of nitrogens with one attached hydrogen (secondary N) is 1. The van der Waals surface area contributed by atoms with Gasteiger partial charge in [-0.2, -0.15) is 4.98 Å². The van der Waals surface area contributed by atoms with Crippen LogP contribution in [0, 0.1) is 12.3 Å². The molecule has 2 aliphatic rings. The van der Waals surface area contributed by atoms with Gasteiger partial charge in [0.05, 0.1) is 14.2 Å². The fourth-order valence-corrected chi connectivity index (χ4v) is 4.86. The zero-order valence-corrected chi connectivity index (χ0v) is 19.6. The van der Waals surface area contributed by atoms with Gasteiger partial charge in [-0.3, -0.25) is 4.79 Å². The lowest BCUT2D eigenvalue weighted by molar-refractivity contribution is -0.118. The number of aromatic nitrogens is 3. The zero-order chi connectivity index (χ0) is 23.3. The lowest BCUT2D eigenvalue weighted by Gasteiger charge is -2.38. The summed E-state index contributed by atoms with van der Waals surface area (Å²) in [5.74, 6) is 2.70. The van der Waals surface area contributed by atoms with Gasteiger partial charge in [0.15, 0.2) is 11.6 Å². The van der Waals surface area contributed by atoms with Gasteiger partial charge >= 0.3 is 0 Å². The van der Waals surface area contributed by atoms with Gasteiger partial charge in [0, 0.05) is 28.8 Å². The highest BCUT2D eigenvalue weighted by Gasteiger charge is 2.42. The topological polar surface area (TPSA) is 78.3 Å². The van der Waals surface area contributed by atoms with Gasteiger partial charge in [-0.15, -0.1) is 5.10 Å². The summed E-state index contributed by atoms with van der Waals surface area (Å²) in [5.41, 5.74) is 4.37. The number of nitrogens with zero attached hydrogens (tertiary/aromatic N) is 3. The second kappa shape index (κ2) is 7.76. The molecule has 0 spiro atoms. The Kier molecular flexibility index (Phi) is 5.00. The number of benzene rings is 2. The molecular weight excluding hydrogens is 416 g/mol. The van der Waals surface area contributed by atoms with Crippen LogP contribution in [0.5, 0.6) is 11.5 Å². The molecule has 1 N–H and O–H groups in total. The van der Waals surface area contributed by atoms with Gasteiger partial charge in [-0.25, -0.2) is 4.68 Å². The van der Waals surface area contributed by atoms with Crippen LogP contribution in [0.3, 0.4) is 0 Å². The second-order valence-corrected chi connectivity index (χ2v) is 9.54. The van der Waals surface area contributed by atoms with Crippen LogP contribution in [0.2, 0.25) is 0 Å². The second-order valence-electron chi connectivity index (χ2n) is 9.54. The highest BCUT2D eigenvalue weighted by atomic mass is 16.5. The average molecular weight is 445 g/mol. The van der Waals surface area contributed by atoms with Crippen LogP contribution in [0.4, 0.5) is 5.95 Å². The Balaban J connectivity index is 1.73. The summed E-state index contributed by atoms with van der Waals surface area (Å²) in [6.07, 6.45) is 1.23. The van der Waals surface area contributed by atoms with Crippen LogP contribution in [0.1, 0.15) is 43.9 Å². The van der Waals surface area contributed by atoms with E-state index in [9.17, 15) is 4.79 Å². The first-order valence-electron chi connectivity index (χ1n) is 11.1. The lowest BCUT2D eigenvalue weighted by Crippen LogP contribution is -2.36. The number of carbonyl (C=O) groups is 1. The van der Waals surface area contributed by atoms with E-state index in [1.54, 1.807) is 14.2 Å². The molecule has 1 aliphatic carbocycles. The SMILES string of the molecule is COc1ccc(OC)c([C@H]2C3=C(CC(C)(C)CC3=O)Nc3nc(-c4cccc(C)c4)nn32)c1. The van der Waals surface area contributed by atoms with Crippen molar-refractivity contribution in [2.75, 3.05) is 19.5 Å². The summed E-state index contributed by atoms with van der Waals surface area (Å²) >= 11 is 0. The molecule has 0 saturated carbocycles. The molecule has 7 heteroatoms. The Bertz CT molecular complexity index is 1290.